The highest BCUT2D eigenvalue weighted by molar-refractivity contribution is 5.41. The fraction of sp³-hybridized carbons (Fsp3) is 0.667. The van der Waals surface area contributed by atoms with Gasteiger partial charge in [-0.3, -0.25) is 0 Å². The number of hydrogen-bond donors (Lipinski definition) is 3. The van der Waals surface area contributed by atoms with E-state index in [0.717, 1.165) is 43.7 Å². The van der Waals surface area contributed by atoms with Gasteiger partial charge in [-0.25, -0.2) is 4.98 Å². The molecule has 0 unspecified atom stereocenters. The van der Waals surface area contributed by atoms with Gasteiger partial charge in [-0.05, 0) is 19.8 Å². The van der Waals surface area contributed by atoms with Crippen molar-refractivity contribution in [2.45, 2.75) is 32.6 Å². The minimum atomic E-state index is 0.296. The molecule has 1 aromatic heterocycles. The maximum Gasteiger partial charge on any atom is 0.224 e. The zero-order chi connectivity index (χ0) is 12.5. The van der Waals surface area contributed by atoms with Crippen LogP contribution in [0.3, 0.4) is 0 Å². The lowest BCUT2D eigenvalue weighted by Crippen LogP contribution is -2.06. The molecule has 0 aliphatic rings. The van der Waals surface area contributed by atoms with E-state index in [4.69, 9.17) is 5.11 Å². The van der Waals surface area contributed by atoms with Crippen LogP contribution < -0.4 is 10.6 Å². The second kappa shape index (κ2) is 7.84. The first-order valence-corrected chi connectivity index (χ1v) is 6.14. The van der Waals surface area contributed by atoms with Crippen LogP contribution in [0.4, 0.5) is 11.8 Å². The molecule has 0 aromatic carbocycles. The third kappa shape index (κ3) is 5.49. The van der Waals surface area contributed by atoms with Crippen LogP contribution in [0.25, 0.3) is 0 Å². The molecule has 0 spiro atoms. The summed E-state index contributed by atoms with van der Waals surface area (Å²) in [6, 6.07) is 1.94. The second-order valence-electron chi connectivity index (χ2n) is 4.03. The minimum Gasteiger partial charge on any atom is -0.396 e. The average Bonchev–Trinajstić information content (AvgIpc) is 2.33. The number of nitrogens with zero attached hydrogens (tertiary/aromatic N) is 2. The topological polar surface area (TPSA) is 70.1 Å². The number of hydrogen-bond acceptors (Lipinski definition) is 5. The van der Waals surface area contributed by atoms with E-state index in [9.17, 15) is 0 Å². The van der Waals surface area contributed by atoms with Gasteiger partial charge in [0, 0.05) is 32.0 Å². The Morgan fingerprint density at radius 1 is 1.18 bits per heavy atom. The highest BCUT2D eigenvalue weighted by atomic mass is 16.2. The molecule has 0 amide bonds. The van der Waals surface area contributed by atoms with Crippen LogP contribution in [-0.4, -0.2) is 35.3 Å². The van der Waals surface area contributed by atoms with Crippen LogP contribution in [0.2, 0.25) is 0 Å². The first-order chi connectivity index (χ1) is 8.26. The highest BCUT2D eigenvalue weighted by Crippen LogP contribution is 2.09. The van der Waals surface area contributed by atoms with Crippen molar-refractivity contribution in [1.29, 1.82) is 0 Å². The van der Waals surface area contributed by atoms with Crippen LogP contribution in [0.5, 0.6) is 0 Å². The molecule has 96 valence electrons. The van der Waals surface area contributed by atoms with Crippen LogP contribution in [0, 0.1) is 6.92 Å². The van der Waals surface area contributed by atoms with Crippen LogP contribution >= 0.6 is 0 Å². The summed E-state index contributed by atoms with van der Waals surface area (Å²) in [5.74, 6) is 1.51. The van der Waals surface area contributed by atoms with Gasteiger partial charge >= 0.3 is 0 Å². The number of rotatable bonds is 8. The Bertz CT molecular complexity index is 330. The van der Waals surface area contributed by atoms with Crippen LogP contribution in [0.15, 0.2) is 6.07 Å². The SMILES string of the molecule is CNc1nc(C)cc(NCCCCCCO)n1. The van der Waals surface area contributed by atoms with Gasteiger partial charge in [-0.2, -0.15) is 4.98 Å². The van der Waals surface area contributed by atoms with Crippen LogP contribution in [-0.2, 0) is 0 Å². The van der Waals surface area contributed by atoms with Gasteiger partial charge < -0.3 is 15.7 Å². The normalized spacial score (nSPS) is 10.3. The molecule has 0 radical (unpaired) electrons. The first kappa shape index (κ1) is 13.7. The van der Waals surface area contributed by atoms with Crippen molar-refractivity contribution in [2.75, 3.05) is 30.8 Å². The fourth-order valence-electron chi connectivity index (χ4n) is 1.58. The molecule has 0 saturated heterocycles. The minimum absolute atomic E-state index is 0.296. The van der Waals surface area contributed by atoms with Crippen molar-refractivity contribution >= 4 is 11.8 Å². The first-order valence-electron chi connectivity index (χ1n) is 6.14. The van der Waals surface area contributed by atoms with E-state index in [0.29, 0.717) is 12.6 Å². The molecule has 3 N–H and O–H groups in total. The predicted octanol–water partition coefficient (Wildman–Crippen LogP) is 1.79. The van der Waals surface area contributed by atoms with Crippen molar-refractivity contribution < 1.29 is 5.11 Å². The van der Waals surface area contributed by atoms with Crippen molar-refractivity contribution in [1.82, 2.24) is 9.97 Å². The van der Waals surface area contributed by atoms with Gasteiger partial charge in [0.25, 0.3) is 0 Å². The van der Waals surface area contributed by atoms with Gasteiger partial charge in [0.15, 0.2) is 0 Å². The number of nitrogens with one attached hydrogen (secondary N) is 2. The van der Waals surface area contributed by atoms with E-state index < -0.39 is 0 Å². The summed E-state index contributed by atoms with van der Waals surface area (Å²) in [4.78, 5) is 8.54. The largest absolute Gasteiger partial charge is 0.396 e. The van der Waals surface area contributed by atoms with Crippen molar-refractivity contribution in [3.8, 4) is 0 Å². The van der Waals surface area contributed by atoms with Gasteiger partial charge in [0.1, 0.15) is 5.82 Å². The van der Waals surface area contributed by atoms with Gasteiger partial charge in [-0.1, -0.05) is 12.8 Å². The molecule has 0 aliphatic heterocycles. The summed E-state index contributed by atoms with van der Waals surface area (Å²) in [7, 11) is 1.81. The number of aliphatic hydroxyl groups is 1. The second-order valence-corrected chi connectivity index (χ2v) is 4.03. The van der Waals surface area contributed by atoms with E-state index in [-0.39, 0.29) is 0 Å². The third-order valence-electron chi connectivity index (χ3n) is 2.47. The average molecular weight is 238 g/mol. The molecule has 1 aromatic rings. The molecule has 0 saturated carbocycles. The fourth-order valence-corrected chi connectivity index (χ4v) is 1.58. The summed E-state index contributed by atoms with van der Waals surface area (Å²) >= 11 is 0. The third-order valence-corrected chi connectivity index (χ3v) is 2.47. The molecule has 1 rings (SSSR count). The Labute approximate surface area is 103 Å². The summed E-state index contributed by atoms with van der Waals surface area (Å²) in [6.07, 6.45) is 4.22. The lowest BCUT2D eigenvalue weighted by molar-refractivity contribution is 0.283. The number of unbranched alkanes of at least 4 members (excludes halogenated alkanes) is 3. The molecule has 5 nitrogen and oxygen atoms in total. The Balaban J connectivity index is 2.28. The van der Waals surface area contributed by atoms with E-state index in [1.165, 1.54) is 0 Å². The predicted molar refractivity (Wildman–Crippen MR) is 70.4 cm³/mol. The van der Waals surface area contributed by atoms with E-state index in [1.807, 2.05) is 20.0 Å². The molecule has 17 heavy (non-hydrogen) atoms. The lowest BCUT2D eigenvalue weighted by atomic mass is 10.2. The van der Waals surface area contributed by atoms with Gasteiger partial charge in [0.2, 0.25) is 5.95 Å². The summed E-state index contributed by atoms with van der Waals surface area (Å²) in [6.45, 7) is 3.16. The van der Waals surface area contributed by atoms with Crippen molar-refractivity contribution in [2.24, 2.45) is 0 Å². The van der Waals surface area contributed by atoms with Gasteiger partial charge in [-0.15, -0.1) is 0 Å². The van der Waals surface area contributed by atoms with E-state index in [2.05, 4.69) is 20.6 Å². The summed E-state index contributed by atoms with van der Waals surface area (Å²) in [5.41, 5.74) is 0.951. The van der Waals surface area contributed by atoms with E-state index >= 15 is 0 Å². The maximum atomic E-state index is 8.65. The standard InChI is InChI=1S/C12H22N4O/c1-10-9-11(16-12(13-2)15-10)14-7-5-3-4-6-8-17/h9,17H,3-8H2,1-2H3,(H2,13,14,15,16). The lowest BCUT2D eigenvalue weighted by Gasteiger charge is -2.07. The monoisotopic (exact) mass is 238 g/mol. The van der Waals surface area contributed by atoms with Crippen LogP contribution in [0.1, 0.15) is 31.4 Å². The number of aryl methyl sites for hydroxylation is 1. The van der Waals surface area contributed by atoms with E-state index in [1.54, 1.807) is 0 Å². The Morgan fingerprint density at radius 3 is 2.65 bits per heavy atom. The van der Waals surface area contributed by atoms with Gasteiger partial charge in [0.05, 0.1) is 0 Å². The highest BCUT2D eigenvalue weighted by Gasteiger charge is 1.99. The molecule has 5 heteroatoms. The Kier molecular flexibility index (Phi) is 6.32. The molecule has 0 fully saturated rings. The van der Waals surface area contributed by atoms with Crippen molar-refractivity contribution in [3.63, 3.8) is 0 Å². The number of aromatic nitrogens is 2. The maximum absolute atomic E-state index is 8.65. The summed E-state index contributed by atoms with van der Waals surface area (Å²) < 4.78 is 0. The molecule has 0 aliphatic carbocycles. The summed E-state index contributed by atoms with van der Waals surface area (Å²) in [5, 5.41) is 14.9. The molecular weight excluding hydrogens is 216 g/mol. The number of anilines is 2. The van der Waals surface area contributed by atoms with Crippen molar-refractivity contribution in [3.05, 3.63) is 11.8 Å². The molecule has 0 bridgehead atoms. The molecule has 1 heterocycles. The quantitative estimate of drug-likeness (QED) is 0.602. The Morgan fingerprint density at radius 2 is 1.94 bits per heavy atom. The smallest absolute Gasteiger partial charge is 0.224 e. The molecule has 0 atom stereocenters. The Hall–Kier alpha value is -1.36. The number of aliphatic hydroxyl groups excluding tert-OH is 1. The zero-order valence-electron chi connectivity index (χ0n) is 10.7. The zero-order valence-corrected chi connectivity index (χ0v) is 10.7. The molecular formula is C12H22N4O.